The van der Waals surface area contributed by atoms with Gasteiger partial charge in [-0.3, -0.25) is 19.7 Å². The Balaban J connectivity index is 2.19. The summed E-state index contributed by atoms with van der Waals surface area (Å²) in [7, 11) is 0. The molecule has 112 valence electrons. The number of carbonyl (C=O) groups excluding carboxylic acids is 2. The Kier molecular flexibility index (Phi) is 4.36. The summed E-state index contributed by atoms with van der Waals surface area (Å²) in [5.74, 6) is -3.40. The molecule has 0 aromatic heterocycles. The highest BCUT2D eigenvalue weighted by Crippen LogP contribution is 2.17. The first-order chi connectivity index (χ1) is 10.4. The fourth-order valence-electron chi connectivity index (χ4n) is 1.85. The lowest BCUT2D eigenvalue weighted by Crippen LogP contribution is -2.10. The van der Waals surface area contributed by atoms with Crippen molar-refractivity contribution in [1.82, 2.24) is 0 Å². The van der Waals surface area contributed by atoms with Gasteiger partial charge >= 0.3 is 0 Å². The number of Topliss-reactive ketones (excluding diaryl/α,β-unsaturated/α-hetero) is 2. The zero-order chi connectivity index (χ0) is 16.3. The number of nitrogens with zero attached hydrogens (tertiary/aromatic N) is 1. The van der Waals surface area contributed by atoms with E-state index in [0.29, 0.717) is 6.07 Å². The van der Waals surface area contributed by atoms with Crippen LogP contribution in [0.4, 0.5) is 14.5 Å². The minimum absolute atomic E-state index is 0.0231. The van der Waals surface area contributed by atoms with Crippen LogP contribution in [0.3, 0.4) is 0 Å². The maximum atomic E-state index is 13.5. The highest BCUT2D eigenvalue weighted by Gasteiger charge is 2.18. The van der Waals surface area contributed by atoms with Crippen LogP contribution in [-0.4, -0.2) is 16.5 Å². The number of nitro groups is 1. The molecule has 0 aliphatic carbocycles. The minimum Gasteiger partial charge on any atom is -0.294 e. The molecule has 0 saturated carbocycles. The maximum absolute atomic E-state index is 13.5. The molecule has 0 atom stereocenters. The van der Waals surface area contributed by atoms with Gasteiger partial charge in [0, 0.05) is 23.8 Å². The van der Waals surface area contributed by atoms with Gasteiger partial charge in [0.1, 0.15) is 11.6 Å². The van der Waals surface area contributed by atoms with E-state index in [2.05, 4.69) is 0 Å². The van der Waals surface area contributed by atoms with Crippen molar-refractivity contribution in [3.63, 3.8) is 0 Å². The molecule has 0 fully saturated rings. The molecule has 0 spiro atoms. The molecule has 2 aromatic carbocycles. The predicted molar refractivity (Wildman–Crippen MR) is 72.7 cm³/mol. The molecule has 0 radical (unpaired) electrons. The quantitative estimate of drug-likeness (QED) is 0.367. The van der Waals surface area contributed by atoms with Crippen molar-refractivity contribution in [1.29, 1.82) is 0 Å². The number of hydrogen-bond acceptors (Lipinski definition) is 4. The van der Waals surface area contributed by atoms with Crippen LogP contribution in [0.1, 0.15) is 27.1 Å². The number of non-ortho nitro benzene ring substituents is 1. The molecule has 0 bridgehead atoms. The average Bonchev–Trinajstić information content (AvgIpc) is 2.47. The van der Waals surface area contributed by atoms with Crippen LogP contribution in [0.2, 0.25) is 0 Å². The van der Waals surface area contributed by atoms with Crippen molar-refractivity contribution in [2.75, 3.05) is 0 Å². The van der Waals surface area contributed by atoms with E-state index in [1.54, 1.807) is 0 Å². The molecule has 5 nitrogen and oxygen atoms in total. The van der Waals surface area contributed by atoms with E-state index in [0.717, 1.165) is 18.2 Å². The Hall–Kier alpha value is -2.96. The van der Waals surface area contributed by atoms with Crippen LogP contribution < -0.4 is 0 Å². The fraction of sp³-hybridized carbons (Fsp3) is 0.0667. The van der Waals surface area contributed by atoms with Crippen molar-refractivity contribution in [3.8, 4) is 0 Å². The van der Waals surface area contributed by atoms with Crippen molar-refractivity contribution in [2.45, 2.75) is 6.42 Å². The molecule has 0 aliphatic rings. The van der Waals surface area contributed by atoms with Gasteiger partial charge < -0.3 is 0 Å². The second-order valence-electron chi connectivity index (χ2n) is 4.45. The summed E-state index contributed by atoms with van der Waals surface area (Å²) >= 11 is 0. The maximum Gasteiger partial charge on any atom is 0.270 e. The van der Waals surface area contributed by atoms with Crippen LogP contribution in [0, 0.1) is 21.7 Å². The molecule has 0 heterocycles. The van der Waals surface area contributed by atoms with Crippen LogP contribution in [0.5, 0.6) is 0 Å². The van der Waals surface area contributed by atoms with E-state index < -0.39 is 40.1 Å². The molecule has 0 N–H and O–H groups in total. The molecule has 22 heavy (non-hydrogen) atoms. The first-order valence-corrected chi connectivity index (χ1v) is 6.14. The monoisotopic (exact) mass is 305 g/mol. The Labute approximate surface area is 123 Å². The van der Waals surface area contributed by atoms with Crippen LogP contribution >= 0.6 is 0 Å². The zero-order valence-electron chi connectivity index (χ0n) is 11.1. The van der Waals surface area contributed by atoms with Crippen molar-refractivity contribution in [3.05, 3.63) is 75.3 Å². The summed E-state index contributed by atoms with van der Waals surface area (Å²) in [4.78, 5) is 33.8. The second kappa shape index (κ2) is 6.21. The van der Waals surface area contributed by atoms with Crippen LogP contribution in [-0.2, 0) is 0 Å². The van der Waals surface area contributed by atoms with Gasteiger partial charge in [-0.25, -0.2) is 8.78 Å². The van der Waals surface area contributed by atoms with E-state index in [1.165, 1.54) is 18.2 Å². The van der Waals surface area contributed by atoms with E-state index in [-0.39, 0.29) is 11.3 Å². The zero-order valence-corrected chi connectivity index (χ0v) is 11.1. The normalized spacial score (nSPS) is 10.3. The summed E-state index contributed by atoms with van der Waals surface area (Å²) in [5, 5.41) is 10.6. The highest BCUT2D eigenvalue weighted by atomic mass is 19.1. The molecular formula is C15H9F2NO4. The van der Waals surface area contributed by atoms with E-state index >= 15 is 0 Å². The van der Waals surface area contributed by atoms with Gasteiger partial charge in [-0.1, -0.05) is 12.1 Å². The number of benzene rings is 2. The SMILES string of the molecule is O=C(CC(=O)c1ccc(F)cc1F)c1cccc([N+](=O)[O-])c1. The molecule has 0 saturated heterocycles. The molecule has 2 rings (SSSR count). The molecule has 2 aromatic rings. The molecule has 0 amide bonds. The summed E-state index contributed by atoms with van der Waals surface area (Å²) < 4.78 is 26.2. The van der Waals surface area contributed by atoms with Gasteiger partial charge in [0.05, 0.1) is 16.9 Å². The smallest absolute Gasteiger partial charge is 0.270 e. The Morgan fingerprint density at radius 1 is 1.05 bits per heavy atom. The molecule has 0 unspecified atom stereocenters. The van der Waals surface area contributed by atoms with Crippen molar-refractivity contribution < 1.29 is 23.3 Å². The number of ketones is 2. The van der Waals surface area contributed by atoms with Gasteiger partial charge in [-0.15, -0.1) is 0 Å². The third-order valence-corrected chi connectivity index (χ3v) is 2.93. The van der Waals surface area contributed by atoms with Gasteiger partial charge in [-0.05, 0) is 12.1 Å². The van der Waals surface area contributed by atoms with Crippen LogP contribution in [0.25, 0.3) is 0 Å². The second-order valence-corrected chi connectivity index (χ2v) is 4.45. The van der Waals surface area contributed by atoms with E-state index in [1.807, 2.05) is 0 Å². The van der Waals surface area contributed by atoms with Crippen LogP contribution in [0.15, 0.2) is 42.5 Å². The number of nitro benzene ring substituents is 1. The number of hydrogen-bond donors (Lipinski definition) is 0. The van der Waals surface area contributed by atoms with Gasteiger partial charge in [0.25, 0.3) is 5.69 Å². The lowest BCUT2D eigenvalue weighted by Gasteiger charge is -2.03. The molecule has 0 aliphatic heterocycles. The Bertz CT molecular complexity index is 774. The fourth-order valence-corrected chi connectivity index (χ4v) is 1.85. The number of rotatable bonds is 5. The molecule has 7 heteroatoms. The lowest BCUT2D eigenvalue weighted by atomic mass is 10.0. The van der Waals surface area contributed by atoms with Gasteiger partial charge in [0.15, 0.2) is 11.6 Å². The number of carbonyl (C=O) groups is 2. The van der Waals surface area contributed by atoms with Gasteiger partial charge in [-0.2, -0.15) is 0 Å². The first-order valence-electron chi connectivity index (χ1n) is 6.14. The third kappa shape index (κ3) is 3.38. The Morgan fingerprint density at radius 3 is 2.41 bits per heavy atom. The van der Waals surface area contributed by atoms with E-state index in [9.17, 15) is 28.5 Å². The minimum atomic E-state index is -1.06. The van der Waals surface area contributed by atoms with Crippen molar-refractivity contribution in [2.24, 2.45) is 0 Å². The summed E-state index contributed by atoms with van der Waals surface area (Å²) in [6.07, 6.45) is -0.663. The molecular weight excluding hydrogens is 296 g/mol. The highest BCUT2D eigenvalue weighted by molar-refractivity contribution is 6.13. The summed E-state index contributed by atoms with van der Waals surface area (Å²) in [6, 6.07) is 7.29. The summed E-state index contributed by atoms with van der Waals surface area (Å²) in [5.41, 5.74) is -0.712. The third-order valence-electron chi connectivity index (χ3n) is 2.93. The predicted octanol–water partition coefficient (Wildman–Crippen LogP) is 3.33. The topological polar surface area (TPSA) is 77.3 Å². The Morgan fingerprint density at radius 2 is 1.77 bits per heavy atom. The standard InChI is InChI=1S/C15H9F2NO4/c16-10-4-5-12(13(17)7-10)15(20)8-14(19)9-2-1-3-11(6-9)18(21)22/h1-7H,8H2. The summed E-state index contributed by atoms with van der Waals surface area (Å²) in [6.45, 7) is 0. The average molecular weight is 305 g/mol. The van der Waals surface area contributed by atoms with Crippen molar-refractivity contribution >= 4 is 17.3 Å². The first kappa shape index (κ1) is 15.4. The number of halogens is 2. The lowest BCUT2D eigenvalue weighted by molar-refractivity contribution is -0.384. The van der Waals surface area contributed by atoms with E-state index in [4.69, 9.17) is 0 Å². The largest absolute Gasteiger partial charge is 0.294 e. The van der Waals surface area contributed by atoms with Gasteiger partial charge in [0.2, 0.25) is 0 Å².